The molecular weight excluding hydrogens is 262 g/mol. The summed E-state index contributed by atoms with van der Waals surface area (Å²) < 4.78 is 22.1. The molecule has 0 fully saturated rings. The largest absolute Gasteiger partial charge is 0.378 e. The summed E-state index contributed by atoms with van der Waals surface area (Å²) in [6.45, 7) is 0.0795. The van der Waals surface area contributed by atoms with Gasteiger partial charge in [0.1, 0.15) is 16.2 Å². The standard InChI is InChI=1S/C8H13N5O4S/c1-12(3-4-18(2,16)17)8-6(13(14)15)7(9)10-5-11-8/h5H,3-4H2,1-2H3,(H2,9,10,11). The van der Waals surface area contributed by atoms with Crippen LogP contribution in [0.4, 0.5) is 17.3 Å². The lowest BCUT2D eigenvalue weighted by Gasteiger charge is -2.17. The van der Waals surface area contributed by atoms with Crippen LogP contribution < -0.4 is 10.6 Å². The lowest BCUT2D eigenvalue weighted by atomic mass is 10.4. The van der Waals surface area contributed by atoms with E-state index in [1.54, 1.807) is 0 Å². The molecule has 18 heavy (non-hydrogen) atoms. The molecule has 0 aromatic carbocycles. The van der Waals surface area contributed by atoms with Crippen LogP contribution in [0.3, 0.4) is 0 Å². The van der Waals surface area contributed by atoms with Crippen molar-refractivity contribution in [2.24, 2.45) is 0 Å². The zero-order chi connectivity index (χ0) is 13.9. The smallest absolute Gasteiger partial charge is 0.353 e. The monoisotopic (exact) mass is 275 g/mol. The molecule has 0 saturated heterocycles. The Morgan fingerprint density at radius 1 is 1.50 bits per heavy atom. The summed E-state index contributed by atoms with van der Waals surface area (Å²) in [4.78, 5) is 18.8. The number of nitro groups is 1. The fourth-order valence-corrected chi connectivity index (χ4v) is 1.85. The molecule has 0 spiro atoms. The normalized spacial score (nSPS) is 11.2. The van der Waals surface area contributed by atoms with E-state index >= 15 is 0 Å². The van der Waals surface area contributed by atoms with Gasteiger partial charge in [-0.15, -0.1) is 0 Å². The van der Waals surface area contributed by atoms with Crippen LogP contribution in [-0.2, 0) is 9.84 Å². The van der Waals surface area contributed by atoms with E-state index < -0.39 is 20.4 Å². The van der Waals surface area contributed by atoms with E-state index in [1.807, 2.05) is 0 Å². The van der Waals surface area contributed by atoms with E-state index in [0.717, 1.165) is 12.6 Å². The number of hydrogen-bond acceptors (Lipinski definition) is 8. The van der Waals surface area contributed by atoms with Crippen molar-refractivity contribution in [1.29, 1.82) is 0 Å². The van der Waals surface area contributed by atoms with E-state index in [1.165, 1.54) is 11.9 Å². The van der Waals surface area contributed by atoms with Gasteiger partial charge in [-0.1, -0.05) is 0 Å². The third-order valence-electron chi connectivity index (χ3n) is 2.17. The van der Waals surface area contributed by atoms with Crippen LogP contribution in [0, 0.1) is 10.1 Å². The Morgan fingerprint density at radius 3 is 2.61 bits per heavy atom. The predicted molar refractivity (Wildman–Crippen MR) is 66.1 cm³/mol. The Balaban J connectivity index is 3.02. The van der Waals surface area contributed by atoms with Crippen molar-refractivity contribution in [3.63, 3.8) is 0 Å². The molecule has 0 aliphatic heterocycles. The molecule has 0 amide bonds. The van der Waals surface area contributed by atoms with E-state index in [-0.39, 0.29) is 23.9 Å². The molecule has 100 valence electrons. The van der Waals surface area contributed by atoms with Crippen LogP contribution in [0.2, 0.25) is 0 Å². The molecule has 0 bridgehead atoms. The van der Waals surface area contributed by atoms with Crippen molar-refractivity contribution in [3.05, 3.63) is 16.4 Å². The Kier molecular flexibility index (Phi) is 4.01. The number of aromatic nitrogens is 2. The predicted octanol–water partition coefficient (Wildman–Crippen LogP) is -0.552. The lowest BCUT2D eigenvalue weighted by Crippen LogP contribution is -2.26. The Hall–Kier alpha value is -1.97. The van der Waals surface area contributed by atoms with Gasteiger partial charge in [0.2, 0.25) is 11.6 Å². The maximum atomic E-state index is 11.0. The molecule has 0 aliphatic rings. The zero-order valence-electron chi connectivity index (χ0n) is 9.90. The molecule has 0 unspecified atom stereocenters. The van der Waals surface area contributed by atoms with Crippen molar-refractivity contribution in [1.82, 2.24) is 9.97 Å². The summed E-state index contributed by atoms with van der Waals surface area (Å²) in [5.41, 5.74) is 4.98. The Bertz CT molecular complexity index is 559. The molecule has 1 aromatic rings. The van der Waals surface area contributed by atoms with E-state index in [9.17, 15) is 18.5 Å². The molecule has 1 rings (SSSR count). The minimum Gasteiger partial charge on any atom is -0.378 e. The van der Waals surface area contributed by atoms with Crippen LogP contribution in [0.1, 0.15) is 0 Å². The molecule has 0 radical (unpaired) electrons. The number of nitrogens with zero attached hydrogens (tertiary/aromatic N) is 4. The van der Waals surface area contributed by atoms with Gasteiger partial charge in [0.05, 0.1) is 10.7 Å². The number of sulfone groups is 1. The van der Waals surface area contributed by atoms with E-state index in [2.05, 4.69) is 9.97 Å². The van der Waals surface area contributed by atoms with Gasteiger partial charge in [-0.05, 0) is 0 Å². The number of anilines is 2. The summed E-state index contributed by atoms with van der Waals surface area (Å²) >= 11 is 0. The number of nitrogen functional groups attached to an aromatic ring is 1. The molecule has 9 nitrogen and oxygen atoms in total. The highest BCUT2D eigenvalue weighted by Gasteiger charge is 2.24. The Labute approximate surface area is 104 Å². The maximum absolute atomic E-state index is 11.0. The summed E-state index contributed by atoms with van der Waals surface area (Å²) in [7, 11) is -1.66. The molecule has 1 aromatic heterocycles. The summed E-state index contributed by atoms with van der Waals surface area (Å²) in [5.74, 6) is -0.391. The quantitative estimate of drug-likeness (QED) is 0.559. The first-order valence-corrected chi connectivity index (χ1v) is 6.92. The summed E-state index contributed by atoms with van der Waals surface area (Å²) in [6.07, 6.45) is 2.18. The average molecular weight is 275 g/mol. The highest BCUT2D eigenvalue weighted by atomic mass is 32.2. The van der Waals surface area contributed by atoms with E-state index in [4.69, 9.17) is 5.73 Å². The first-order chi connectivity index (χ1) is 8.22. The highest BCUT2D eigenvalue weighted by Crippen LogP contribution is 2.28. The van der Waals surface area contributed by atoms with Crippen molar-refractivity contribution in [3.8, 4) is 0 Å². The topological polar surface area (TPSA) is 132 Å². The van der Waals surface area contributed by atoms with Crippen molar-refractivity contribution in [2.45, 2.75) is 0 Å². The van der Waals surface area contributed by atoms with Crippen LogP contribution in [0.15, 0.2) is 6.33 Å². The van der Waals surface area contributed by atoms with Gasteiger partial charge < -0.3 is 10.6 Å². The molecule has 2 N–H and O–H groups in total. The number of rotatable bonds is 5. The van der Waals surface area contributed by atoms with Gasteiger partial charge in [0, 0.05) is 19.8 Å². The van der Waals surface area contributed by atoms with Gasteiger partial charge in [-0.3, -0.25) is 10.1 Å². The van der Waals surface area contributed by atoms with Crippen molar-refractivity contribution < 1.29 is 13.3 Å². The summed E-state index contributed by atoms with van der Waals surface area (Å²) in [5, 5.41) is 10.8. The molecule has 0 aliphatic carbocycles. The molecule has 10 heteroatoms. The van der Waals surface area contributed by atoms with Crippen molar-refractivity contribution in [2.75, 3.05) is 36.2 Å². The number of hydrogen-bond donors (Lipinski definition) is 1. The third-order valence-corrected chi connectivity index (χ3v) is 3.10. The average Bonchev–Trinajstić information content (AvgIpc) is 2.24. The first-order valence-electron chi connectivity index (χ1n) is 4.86. The molecule has 0 atom stereocenters. The van der Waals surface area contributed by atoms with Crippen LogP contribution in [0.5, 0.6) is 0 Å². The molecular formula is C8H13N5O4S. The second-order valence-electron chi connectivity index (χ2n) is 3.74. The minimum atomic E-state index is -3.16. The summed E-state index contributed by atoms with van der Waals surface area (Å²) in [6, 6.07) is 0. The Morgan fingerprint density at radius 2 is 2.11 bits per heavy atom. The lowest BCUT2D eigenvalue weighted by molar-refractivity contribution is -0.383. The molecule has 0 saturated carbocycles. The number of nitrogens with two attached hydrogens (primary N) is 1. The van der Waals surface area contributed by atoms with Gasteiger partial charge in [0.15, 0.2) is 0 Å². The highest BCUT2D eigenvalue weighted by molar-refractivity contribution is 7.90. The first kappa shape index (κ1) is 14.1. The van der Waals surface area contributed by atoms with Crippen LogP contribution in [-0.4, -0.2) is 48.9 Å². The van der Waals surface area contributed by atoms with Gasteiger partial charge in [-0.25, -0.2) is 18.4 Å². The van der Waals surface area contributed by atoms with E-state index in [0.29, 0.717) is 0 Å². The van der Waals surface area contributed by atoms with Crippen molar-refractivity contribution >= 4 is 27.2 Å². The van der Waals surface area contributed by atoms with Gasteiger partial charge >= 0.3 is 5.69 Å². The fraction of sp³-hybridized carbons (Fsp3) is 0.500. The third kappa shape index (κ3) is 3.52. The molecule has 1 heterocycles. The van der Waals surface area contributed by atoms with Gasteiger partial charge in [-0.2, -0.15) is 0 Å². The van der Waals surface area contributed by atoms with Crippen LogP contribution >= 0.6 is 0 Å². The second-order valence-corrected chi connectivity index (χ2v) is 6.00. The van der Waals surface area contributed by atoms with Gasteiger partial charge in [0.25, 0.3) is 0 Å². The maximum Gasteiger partial charge on any atom is 0.353 e. The fourth-order valence-electron chi connectivity index (χ4n) is 1.25. The minimum absolute atomic E-state index is 0.00356. The SMILES string of the molecule is CN(CCS(C)(=O)=O)c1ncnc(N)c1[N+](=O)[O-]. The zero-order valence-corrected chi connectivity index (χ0v) is 10.7. The second kappa shape index (κ2) is 5.12. The van der Waals surface area contributed by atoms with Crippen LogP contribution in [0.25, 0.3) is 0 Å².